The zero-order chi connectivity index (χ0) is 19.5. The van der Waals surface area contributed by atoms with Gasteiger partial charge in [-0.2, -0.15) is 0 Å². The molecule has 0 saturated carbocycles. The molecule has 0 unspecified atom stereocenters. The van der Waals surface area contributed by atoms with Crippen molar-refractivity contribution in [2.24, 2.45) is 5.92 Å². The summed E-state index contributed by atoms with van der Waals surface area (Å²) in [5, 5.41) is 8.62. The molecule has 0 radical (unpaired) electrons. The predicted molar refractivity (Wildman–Crippen MR) is 110 cm³/mol. The summed E-state index contributed by atoms with van der Waals surface area (Å²) in [6.45, 7) is 5.06. The fourth-order valence-corrected chi connectivity index (χ4v) is 3.12. The van der Waals surface area contributed by atoms with Crippen LogP contribution in [0, 0.1) is 5.92 Å². The van der Waals surface area contributed by atoms with Crippen molar-refractivity contribution < 1.29 is 14.6 Å². The average molecular weight is 369 g/mol. The van der Waals surface area contributed by atoms with Crippen LogP contribution in [-0.2, 0) is 24.2 Å². The monoisotopic (exact) mass is 368 g/mol. The number of ether oxygens (including phenoxy) is 1. The standard InChI is InChI=1S/C24H32O3/c1-19(2)17-21-9-11-22(12-10-21)18-27-23-15-13-20(14-16-23)7-5-3-4-6-8-24(25)26/h9-16,19H,3-8,17-18H2,1-2H3,(H,25,26). The van der Waals surface area contributed by atoms with E-state index in [1.54, 1.807) is 0 Å². The van der Waals surface area contributed by atoms with E-state index >= 15 is 0 Å². The molecule has 0 aromatic heterocycles. The second kappa shape index (κ2) is 11.4. The van der Waals surface area contributed by atoms with Gasteiger partial charge in [0.25, 0.3) is 0 Å². The summed E-state index contributed by atoms with van der Waals surface area (Å²) in [4.78, 5) is 10.5. The van der Waals surface area contributed by atoms with Gasteiger partial charge in [0.15, 0.2) is 0 Å². The highest BCUT2D eigenvalue weighted by atomic mass is 16.5. The fourth-order valence-electron chi connectivity index (χ4n) is 3.12. The van der Waals surface area contributed by atoms with Crippen molar-refractivity contribution in [3.05, 3.63) is 65.2 Å². The molecule has 2 aromatic carbocycles. The van der Waals surface area contributed by atoms with Gasteiger partial charge in [-0.25, -0.2) is 0 Å². The largest absolute Gasteiger partial charge is 0.489 e. The van der Waals surface area contributed by atoms with Gasteiger partial charge in [-0.1, -0.05) is 63.1 Å². The highest BCUT2D eigenvalue weighted by Gasteiger charge is 2.01. The lowest BCUT2D eigenvalue weighted by Gasteiger charge is -2.09. The Kier molecular flexibility index (Phi) is 8.90. The van der Waals surface area contributed by atoms with E-state index in [0.717, 1.165) is 44.3 Å². The van der Waals surface area contributed by atoms with Crippen LogP contribution in [0.3, 0.4) is 0 Å². The maximum atomic E-state index is 10.5. The Bertz CT molecular complexity index is 672. The Morgan fingerprint density at radius 1 is 0.852 bits per heavy atom. The molecule has 1 N–H and O–H groups in total. The van der Waals surface area contributed by atoms with Crippen LogP contribution in [0.5, 0.6) is 5.75 Å². The Balaban J connectivity index is 1.68. The Morgan fingerprint density at radius 3 is 2.07 bits per heavy atom. The van der Waals surface area contributed by atoms with E-state index in [4.69, 9.17) is 9.84 Å². The lowest BCUT2D eigenvalue weighted by molar-refractivity contribution is -0.137. The first kappa shape index (κ1) is 21.0. The number of hydrogen-bond acceptors (Lipinski definition) is 2. The molecule has 3 nitrogen and oxygen atoms in total. The van der Waals surface area contributed by atoms with Crippen molar-refractivity contribution in [3.8, 4) is 5.75 Å². The van der Waals surface area contributed by atoms with Gasteiger partial charge in [-0.3, -0.25) is 4.79 Å². The van der Waals surface area contributed by atoms with Crippen molar-refractivity contribution in [1.82, 2.24) is 0 Å². The number of unbranched alkanes of at least 4 members (excludes halogenated alkanes) is 3. The van der Waals surface area contributed by atoms with E-state index in [1.165, 1.54) is 16.7 Å². The van der Waals surface area contributed by atoms with Gasteiger partial charge in [-0.05, 0) is 60.4 Å². The van der Waals surface area contributed by atoms with Crippen molar-refractivity contribution in [1.29, 1.82) is 0 Å². The van der Waals surface area contributed by atoms with Crippen molar-refractivity contribution in [2.45, 2.75) is 65.4 Å². The van der Waals surface area contributed by atoms with Crippen molar-refractivity contribution >= 4 is 5.97 Å². The molecule has 0 saturated heterocycles. The molecule has 0 aliphatic heterocycles. The number of benzene rings is 2. The van der Waals surface area contributed by atoms with Gasteiger partial charge in [0.05, 0.1) is 0 Å². The molecule has 0 aliphatic carbocycles. The molecule has 0 heterocycles. The van der Waals surface area contributed by atoms with Crippen LogP contribution in [0.1, 0.15) is 62.6 Å². The van der Waals surface area contributed by atoms with Gasteiger partial charge >= 0.3 is 5.97 Å². The van der Waals surface area contributed by atoms with Gasteiger partial charge < -0.3 is 9.84 Å². The third-order valence-corrected chi connectivity index (χ3v) is 4.60. The zero-order valence-electron chi connectivity index (χ0n) is 16.6. The first-order valence-corrected chi connectivity index (χ1v) is 10.0. The van der Waals surface area contributed by atoms with Crippen LogP contribution in [0.4, 0.5) is 0 Å². The smallest absolute Gasteiger partial charge is 0.303 e. The van der Waals surface area contributed by atoms with Crippen LogP contribution in [0.25, 0.3) is 0 Å². The summed E-state index contributed by atoms with van der Waals surface area (Å²) < 4.78 is 5.89. The van der Waals surface area contributed by atoms with E-state index in [1.807, 2.05) is 12.1 Å². The molecule has 27 heavy (non-hydrogen) atoms. The van der Waals surface area contributed by atoms with Crippen LogP contribution in [-0.4, -0.2) is 11.1 Å². The van der Waals surface area contributed by atoms with Crippen LogP contribution >= 0.6 is 0 Å². The maximum absolute atomic E-state index is 10.5. The number of aliphatic carboxylic acids is 1. The van der Waals surface area contributed by atoms with Gasteiger partial charge in [0, 0.05) is 6.42 Å². The Morgan fingerprint density at radius 2 is 1.44 bits per heavy atom. The third kappa shape index (κ3) is 8.76. The number of hydrogen-bond donors (Lipinski definition) is 1. The minimum absolute atomic E-state index is 0.284. The highest BCUT2D eigenvalue weighted by Crippen LogP contribution is 2.17. The first-order valence-electron chi connectivity index (χ1n) is 10.0. The number of carboxylic acids is 1. The van der Waals surface area contributed by atoms with E-state index in [0.29, 0.717) is 12.5 Å². The molecule has 0 bridgehead atoms. The molecule has 0 fully saturated rings. The van der Waals surface area contributed by atoms with E-state index in [9.17, 15) is 4.79 Å². The summed E-state index contributed by atoms with van der Waals surface area (Å²) in [5.41, 5.74) is 3.87. The number of aryl methyl sites for hydroxylation is 1. The summed E-state index contributed by atoms with van der Waals surface area (Å²) in [5.74, 6) is 0.874. The highest BCUT2D eigenvalue weighted by molar-refractivity contribution is 5.66. The molecule has 2 aromatic rings. The third-order valence-electron chi connectivity index (χ3n) is 4.60. The normalized spacial score (nSPS) is 10.9. The summed E-state index contributed by atoms with van der Waals surface area (Å²) in [6, 6.07) is 17.0. The zero-order valence-corrected chi connectivity index (χ0v) is 16.6. The van der Waals surface area contributed by atoms with Gasteiger partial charge in [-0.15, -0.1) is 0 Å². The molecule has 2 rings (SSSR count). The quantitative estimate of drug-likeness (QED) is 0.464. The first-order chi connectivity index (χ1) is 13.0. The molecule has 0 aliphatic rings. The average Bonchev–Trinajstić information content (AvgIpc) is 2.64. The number of carboxylic acid groups (broad SMARTS) is 1. The molecule has 3 heteroatoms. The summed E-state index contributed by atoms with van der Waals surface area (Å²) in [6.07, 6.45) is 6.38. The fraction of sp³-hybridized carbons (Fsp3) is 0.458. The second-order valence-electron chi connectivity index (χ2n) is 7.66. The predicted octanol–water partition coefficient (Wildman–Crippen LogP) is 6.04. The topological polar surface area (TPSA) is 46.5 Å². The van der Waals surface area contributed by atoms with Crippen LogP contribution in [0.2, 0.25) is 0 Å². The molecule has 146 valence electrons. The Labute approximate surface area is 163 Å². The van der Waals surface area contributed by atoms with E-state index < -0.39 is 5.97 Å². The lowest BCUT2D eigenvalue weighted by atomic mass is 10.0. The SMILES string of the molecule is CC(C)Cc1ccc(COc2ccc(CCCCCCC(=O)O)cc2)cc1. The molecule has 0 spiro atoms. The second-order valence-corrected chi connectivity index (χ2v) is 7.66. The summed E-state index contributed by atoms with van der Waals surface area (Å²) in [7, 11) is 0. The molecule has 0 atom stereocenters. The lowest BCUT2D eigenvalue weighted by Crippen LogP contribution is -1.98. The van der Waals surface area contributed by atoms with Gasteiger partial charge in [0.2, 0.25) is 0 Å². The maximum Gasteiger partial charge on any atom is 0.303 e. The number of carbonyl (C=O) groups is 1. The van der Waals surface area contributed by atoms with Gasteiger partial charge in [0.1, 0.15) is 12.4 Å². The molecule has 0 amide bonds. The van der Waals surface area contributed by atoms with Crippen LogP contribution < -0.4 is 4.74 Å². The number of rotatable bonds is 12. The van der Waals surface area contributed by atoms with E-state index in [-0.39, 0.29) is 6.42 Å². The summed E-state index contributed by atoms with van der Waals surface area (Å²) >= 11 is 0. The molecular formula is C24H32O3. The Hall–Kier alpha value is -2.29. The minimum atomic E-state index is -0.697. The van der Waals surface area contributed by atoms with Crippen molar-refractivity contribution in [3.63, 3.8) is 0 Å². The van der Waals surface area contributed by atoms with E-state index in [2.05, 4.69) is 50.2 Å². The van der Waals surface area contributed by atoms with Crippen molar-refractivity contribution in [2.75, 3.05) is 0 Å². The molecular weight excluding hydrogens is 336 g/mol. The van der Waals surface area contributed by atoms with Crippen LogP contribution in [0.15, 0.2) is 48.5 Å². The minimum Gasteiger partial charge on any atom is -0.489 e.